The number of hydrogen-bond donors (Lipinski definition) is 0. The van der Waals surface area contributed by atoms with E-state index in [1.165, 1.54) is 12.8 Å². The molecule has 3 nitrogen and oxygen atoms in total. The van der Waals surface area contributed by atoms with Crippen LogP contribution in [-0.2, 0) is 4.74 Å². The number of Topliss-reactive ketones (excluding diaryl/α,β-unsaturated/α-hetero) is 1. The van der Waals surface area contributed by atoms with E-state index in [1.54, 1.807) is 19.2 Å². The maximum absolute atomic E-state index is 12.2. The van der Waals surface area contributed by atoms with E-state index in [4.69, 9.17) is 16.3 Å². The van der Waals surface area contributed by atoms with Crippen LogP contribution in [0.15, 0.2) is 24.3 Å². The van der Waals surface area contributed by atoms with Crippen LogP contribution < -0.4 is 0 Å². The molecule has 0 saturated carbocycles. The zero-order valence-electron chi connectivity index (χ0n) is 12.0. The van der Waals surface area contributed by atoms with Crippen molar-refractivity contribution in [2.45, 2.75) is 19.3 Å². The van der Waals surface area contributed by atoms with Crippen LogP contribution in [0, 0.1) is 5.92 Å². The van der Waals surface area contributed by atoms with Crippen molar-refractivity contribution in [2.75, 3.05) is 33.4 Å². The number of benzene rings is 1. The third-order valence-corrected chi connectivity index (χ3v) is 4.16. The molecule has 0 aromatic heterocycles. The van der Waals surface area contributed by atoms with Crippen molar-refractivity contribution in [1.82, 2.24) is 4.90 Å². The molecule has 1 aliphatic heterocycles. The number of carbonyl (C=O) groups excluding carboxylic acids is 1. The van der Waals surface area contributed by atoms with Gasteiger partial charge in [-0.2, -0.15) is 0 Å². The van der Waals surface area contributed by atoms with E-state index in [0.29, 0.717) is 22.9 Å². The highest BCUT2D eigenvalue weighted by Gasteiger charge is 2.20. The van der Waals surface area contributed by atoms with E-state index in [2.05, 4.69) is 4.90 Å². The van der Waals surface area contributed by atoms with Gasteiger partial charge >= 0.3 is 0 Å². The molecule has 0 aliphatic carbocycles. The standard InChI is InChI=1S/C16H22ClNO2/c1-20-12-13-5-4-9-18(11-13)10-8-16(19)14-6-2-3-7-15(14)17/h2-3,6-7,13H,4-5,8-12H2,1H3. The van der Waals surface area contributed by atoms with Crippen LogP contribution in [0.2, 0.25) is 5.02 Å². The first-order chi connectivity index (χ1) is 9.70. The Hall–Kier alpha value is -0.900. The molecule has 2 rings (SSSR count). The summed E-state index contributed by atoms with van der Waals surface area (Å²) < 4.78 is 5.23. The fourth-order valence-corrected chi connectivity index (χ4v) is 3.05. The highest BCUT2D eigenvalue weighted by molar-refractivity contribution is 6.33. The number of carbonyl (C=O) groups is 1. The summed E-state index contributed by atoms with van der Waals surface area (Å²) in [4.78, 5) is 14.5. The van der Waals surface area contributed by atoms with Crippen molar-refractivity contribution in [3.8, 4) is 0 Å². The number of hydrogen-bond acceptors (Lipinski definition) is 3. The highest BCUT2D eigenvalue weighted by atomic mass is 35.5. The lowest BCUT2D eigenvalue weighted by atomic mass is 9.98. The summed E-state index contributed by atoms with van der Waals surface area (Å²) >= 11 is 6.05. The summed E-state index contributed by atoms with van der Waals surface area (Å²) in [6.45, 7) is 3.74. The fourth-order valence-electron chi connectivity index (χ4n) is 2.81. The van der Waals surface area contributed by atoms with Gasteiger partial charge in [0, 0.05) is 32.2 Å². The summed E-state index contributed by atoms with van der Waals surface area (Å²) in [6.07, 6.45) is 2.94. The third kappa shape index (κ3) is 4.30. The first-order valence-electron chi connectivity index (χ1n) is 7.19. The zero-order valence-corrected chi connectivity index (χ0v) is 12.7. The minimum Gasteiger partial charge on any atom is -0.384 e. The first kappa shape index (κ1) is 15.5. The Morgan fingerprint density at radius 2 is 2.25 bits per heavy atom. The Labute approximate surface area is 125 Å². The Morgan fingerprint density at radius 3 is 3.00 bits per heavy atom. The number of ether oxygens (including phenoxy) is 1. The third-order valence-electron chi connectivity index (χ3n) is 3.83. The minimum atomic E-state index is 0.129. The smallest absolute Gasteiger partial charge is 0.165 e. The number of ketones is 1. The monoisotopic (exact) mass is 295 g/mol. The summed E-state index contributed by atoms with van der Waals surface area (Å²) in [6, 6.07) is 7.27. The summed E-state index contributed by atoms with van der Waals surface area (Å²) in [5.74, 6) is 0.730. The van der Waals surface area contributed by atoms with Gasteiger partial charge in [-0.05, 0) is 37.4 Å². The van der Waals surface area contributed by atoms with Crippen molar-refractivity contribution < 1.29 is 9.53 Å². The Balaban J connectivity index is 1.83. The molecule has 1 aliphatic rings. The van der Waals surface area contributed by atoms with E-state index in [1.807, 2.05) is 12.1 Å². The molecule has 1 aromatic rings. The van der Waals surface area contributed by atoms with Crippen molar-refractivity contribution in [2.24, 2.45) is 5.92 Å². The number of rotatable bonds is 6. The zero-order chi connectivity index (χ0) is 14.4. The Morgan fingerprint density at radius 1 is 1.45 bits per heavy atom. The molecular weight excluding hydrogens is 274 g/mol. The van der Waals surface area contributed by atoms with Crippen molar-refractivity contribution in [3.05, 3.63) is 34.9 Å². The predicted octanol–water partition coefficient (Wildman–Crippen LogP) is 3.27. The molecule has 1 saturated heterocycles. The quantitative estimate of drug-likeness (QED) is 0.754. The van der Waals surface area contributed by atoms with Crippen LogP contribution >= 0.6 is 11.6 Å². The van der Waals surface area contributed by atoms with E-state index < -0.39 is 0 Å². The van der Waals surface area contributed by atoms with Crippen molar-refractivity contribution in [1.29, 1.82) is 0 Å². The molecule has 0 radical (unpaired) electrons. The van der Waals surface area contributed by atoms with Crippen LogP contribution in [0.1, 0.15) is 29.6 Å². The Bertz CT molecular complexity index is 448. The average molecular weight is 296 g/mol. The van der Waals surface area contributed by atoms with Gasteiger partial charge in [-0.1, -0.05) is 23.7 Å². The van der Waals surface area contributed by atoms with Crippen molar-refractivity contribution in [3.63, 3.8) is 0 Å². The SMILES string of the molecule is COCC1CCCN(CCC(=O)c2ccccc2Cl)C1. The lowest BCUT2D eigenvalue weighted by Gasteiger charge is -2.32. The molecule has 4 heteroatoms. The normalized spacial score (nSPS) is 20.0. The van der Waals surface area contributed by atoms with Gasteiger partial charge in [0.2, 0.25) is 0 Å². The Kier molecular flexibility index (Phi) is 6.02. The van der Waals surface area contributed by atoms with Crippen LogP contribution in [0.25, 0.3) is 0 Å². The van der Waals surface area contributed by atoms with E-state index in [-0.39, 0.29) is 5.78 Å². The molecule has 0 bridgehead atoms. The molecule has 1 atom stereocenters. The maximum atomic E-state index is 12.2. The molecule has 1 fully saturated rings. The number of piperidine rings is 1. The molecule has 1 heterocycles. The summed E-state index contributed by atoms with van der Waals surface area (Å²) in [7, 11) is 1.75. The van der Waals surface area contributed by atoms with Crippen molar-refractivity contribution >= 4 is 17.4 Å². The number of methoxy groups -OCH3 is 1. The van der Waals surface area contributed by atoms with Gasteiger partial charge in [0.25, 0.3) is 0 Å². The second-order valence-corrected chi connectivity index (χ2v) is 5.82. The van der Waals surface area contributed by atoms with Crippen LogP contribution in [0.3, 0.4) is 0 Å². The molecule has 0 amide bonds. The van der Waals surface area contributed by atoms with Gasteiger partial charge in [-0.3, -0.25) is 4.79 Å². The van der Waals surface area contributed by atoms with Gasteiger partial charge < -0.3 is 9.64 Å². The largest absolute Gasteiger partial charge is 0.384 e. The maximum Gasteiger partial charge on any atom is 0.165 e. The topological polar surface area (TPSA) is 29.5 Å². The van der Waals surface area contributed by atoms with Crippen LogP contribution in [-0.4, -0.2) is 44.0 Å². The highest BCUT2D eigenvalue weighted by Crippen LogP contribution is 2.19. The number of nitrogens with zero attached hydrogens (tertiary/aromatic N) is 1. The average Bonchev–Trinajstić information content (AvgIpc) is 2.46. The molecule has 0 spiro atoms. The lowest BCUT2D eigenvalue weighted by Crippen LogP contribution is -2.38. The summed E-state index contributed by atoms with van der Waals surface area (Å²) in [5.41, 5.74) is 0.639. The van der Waals surface area contributed by atoms with Crippen LogP contribution in [0.5, 0.6) is 0 Å². The minimum absolute atomic E-state index is 0.129. The van der Waals surface area contributed by atoms with E-state index in [9.17, 15) is 4.79 Å². The van der Waals surface area contributed by atoms with Gasteiger partial charge in [0.1, 0.15) is 0 Å². The summed E-state index contributed by atoms with van der Waals surface area (Å²) in [5, 5.41) is 0.549. The van der Waals surface area contributed by atoms with Gasteiger partial charge in [-0.25, -0.2) is 0 Å². The first-order valence-corrected chi connectivity index (χ1v) is 7.57. The van der Waals surface area contributed by atoms with E-state index >= 15 is 0 Å². The van der Waals surface area contributed by atoms with Gasteiger partial charge in [-0.15, -0.1) is 0 Å². The second-order valence-electron chi connectivity index (χ2n) is 5.42. The molecule has 20 heavy (non-hydrogen) atoms. The van der Waals surface area contributed by atoms with Gasteiger partial charge in [0.05, 0.1) is 11.6 Å². The molecule has 0 N–H and O–H groups in total. The predicted molar refractivity (Wildman–Crippen MR) is 81.4 cm³/mol. The number of likely N-dealkylation sites (tertiary alicyclic amines) is 1. The number of halogens is 1. The second kappa shape index (κ2) is 7.77. The molecule has 1 unspecified atom stereocenters. The van der Waals surface area contributed by atoms with Crippen LogP contribution in [0.4, 0.5) is 0 Å². The molecular formula is C16H22ClNO2. The fraction of sp³-hybridized carbons (Fsp3) is 0.562. The van der Waals surface area contributed by atoms with Gasteiger partial charge in [0.15, 0.2) is 5.78 Å². The lowest BCUT2D eigenvalue weighted by molar-refractivity contribution is 0.0831. The molecule has 110 valence electrons. The molecule has 1 aromatic carbocycles. The van der Waals surface area contributed by atoms with E-state index in [0.717, 1.165) is 26.2 Å².